The number of nitrogens with zero attached hydrogens (tertiary/aromatic N) is 1. The van der Waals surface area contributed by atoms with E-state index in [0.29, 0.717) is 12.8 Å². The van der Waals surface area contributed by atoms with Crippen LogP contribution in [0.1, 0.15) is 32.1 Å². The molecule has 0 aliphatic heterocycles. The maximum atomic E-state index is 12.2. The molecule has 0 atom stereocenters. The van der Waals surface area contributed by atoms with Crippen LogP contribution in [0.3, 0.4) is 0 Å². The minimum atomic E-state index is -3.87. The Labute approximate surface area is 128 Å². The van der Waals surface area contributed by atoms with Crippen LogP contribution in [0.2, 0.25) is 5.15 Å². The molecule has 1 saturated carbocycles. The van der Waals surface area contributed by atoms with Gasteiger partial charge in [-0.15, -0.1) is 0 Å². The highest BCUT2D eigenvalue weighted by Crippen LogP contribution is 2.36. The molecule has 2 N–H and O–H groups in total. The number of hydrogen-bond donors (Lipinski definition) is 2. The fourth-order valence-electron chi connectivity index (χ4n) is 2.58. The van der Waals surface area contributed by atoms with Crippen molar-refractivity contribution in [3.8, 4) is 0 Å². The number of rotatable bonds is 5. The number of carboxylic acid groups (broad SMARTS) is 1. The first-order valence-electron chi connectivity index (χ1n) is 6.71. The number of sulfonamides is 1. The van der Waals surface area contributed by atoms with Gasteiger partial charge >= 0.3 is 5.97 Å². The topological polar surface area (TPSA) is 96.4 Å². The fraction of sp³-hybridized carbons (Fsp3) is 0.538. The summed E-state index contributed by atoms with van der Waals surface area (Å²) in [7, 11) is -3.87. The van der Waals surface area contributed by atoms with Gasteiger partial charge in [0.1, 0.15) is 10.0 Å². The van der Waals surface area contributed by atoms with Crippen LogP contribution in [0.15, 0.2) is 23.2 Å². The van der Waals surface area contributed by atoms with Gasteiger partial charge in [-0.2, -0.15) is 0 Å². The predicted molar refractivity (Wildman–Crippen MR) is 77.6 cm³/mol. The number of nitrogens with one attached hydrogen (secondary N) is 1. The van der Waals surface area contributed by atoms with Gasteiger partial charge in [-0.3, -0.25) is 4.79 Å². The van der Waals surface area contributed by atoms with Crippen LogP contribution in [0.25, 0.3) is 0 Å². The summed E-state index contributed by atoms with van der Waals surface area (Å²) in [6, 6.07) is 2.81. The second-order valence-electron chi connectivity index (χ2n) is 5.26. The summed E-state index contributed by atoms with van der Waals surface area (Å²) in [6.07, 6.45) is 4.91. The second kappa shape index (κ2) is 6.29. The largest absolute Gasteiger partial charge is 0.481 e. The van der Waals surface area contributed by atoms with Crippen LogP contribution >= 0.6 is 11.6 Å². The minimum absolute atomic E-state index is 0.127. The van der Waals surface area contributed by atoms with Crippen molar-refractivity contribution in [2.24, 2.45) is 5.41 Å². The van der Waals surface area contributed by atoms with Gasteiger partial charge in [0, 0.05) is 12.7 Å². The van der Waals surface area contributed by atoms with Gasteiger partial charge in [0.05, 0.1) is 5.41 Å². The Morgan fingerprint density at radius 2 is 2.05 bits per heavy atom. The predicted octanol–water partition coefficient (Wildman–Crippen LogP) is 2.05. The van der Waals surface area contributed by atoms with Gasteiger partial charge in [-0.05, 0) is 25.0 Å². The molecule has 6 nitrogen and oxygen atoms in total. The Morgan fingerprint density at radius 1 is 1.38 bits per heavy atom. The third kappa shape index (κ3) is 3.53. The number of carbonyl (C=O) groups is 1. The van der Waals surface area contributed by atoms with Crippen LogP contribution in [-0.4, -0.2) is 31.0 Å². The first-order chi connectivity index (χ1) is 9.87. The highest BCUT2D eigenvalue weighted by atomic mass is 35.5. The lowest BCUT2D eigenvalue weighted by molar-refractivity contribution is -0.150. The maximum Gasteiger partial charge on any atom is 0.310 e. The smallest absolute Gasteiger partial charge is 0.310 e. The van der Waals surface area contributed by atoms with E-state index in [1.807, 2.05) is 0 Å². The normalized spacial score (nSPS) is 18.3. The molecule has 0 spiro atoms. The number of halogens is 1. The van der Waals surface area contributed by atoms with E-state index in [1.165, 1.54) is 18.3 Å². The van der Waals surface area contributed by atoms with E-state index in [1.54, 1.807) is 0 Å². The third-order valence-corrected chi connectivity index (χ3v) is 5.73. The molecule has 0 bridgehead atoms. The zero-order chi connectivity index (χ0) is 15.5. The Hall–Kier alpha value is -1.18. The van der Waals surface area contributed by atoms with Crippen molar-refractivity contribution in [2.75, 3.05) is 6.54 Å². The molecule has 1 aliphatic rings. The Kier molecular flexibility index (Phi) is 4.85. The van der Waals surface area contributed by atoms with E-state index >= 15 is 0 Å². The average molecular weight is 333 g/mol. The summed E-state index contributed by atoms with van der Waals surface area (Å²) in [6.45, 7) is -0.129. The minimum Gasteiger partial charge on any atom is -0.481 e. The zero-order valence-electron chi connectivity index (χ0n) is 11.4. The van der Waals surface area contributed by atoms with E-state index < -0.39 is 21.4 Å². The average Bonchev–Trinajstić information content (AvgIpc) is 2.46. The van der Waals surface area contributed by atoms with E-state index in [9.17, 15) is 18.3 Å². The molecule has 1 aliphatic carbocycles. The molecule has 0 unspecified atom stereocenters. The van der Waals surface area contributed by atoms with Crippen LogP contribution in [0, 0.1) is 5.41 Å². The first kappa shape index (κ1) is 16.2. The fourth-order valence-corrected chi connectivity index (χ4v) is 4.16. The van der Waals surface area contributed by atoms with Gasteiger partial charge in [-0.25, -0.2) is 18.1 Å². The molecule has 0 radical (unpaired) electrons. The summed E-state index contributed by atoms with van der Waals surface area (Å²) < 4.78 is 26.8. The molecule has 1 aromatic heterocycles. The molecular formula is C13H17ClN2O4S. The van der Waals surface area contributed by atoms with Gasteiger partial charge in [0.25, 0.3) is 0 Å². The van der Waals surface area contributed by atoms with Crippen molar-refractivity contribution < 1.29 is 18.3 Å². The molecule has 116 valence electrons. The standard InChI is InChI=1S/C13H17ClN2O4S/c14-11-10(5-4-8-15-11)21(19,20)16-9-13(12(17)18)6-2-1-3-7-13/h4-5,8,16H,1-3,6-7,9H2,(H,17,18). The number of carboxylic acids is 1. The summed E-state index contributed by atoms with van der Waals surface area (Å²) >= 11 is 5.78. The Morgan fingerprint density at radius 3 is 2.62 bits per heavy atom. The quantitative estimate of drug-likeness (QED) is 0.804. The molecule has 1 heterocycles. The zero-order valence-corrected chi connectivity index (χ0v) is 13.0. The summed E-state index contributed by atoms with van der Waals surface area (Å²) in [5.74, 6) is -0.956. The molecule has 21 heavy (non-hydrogen) atoms. The molecule has 0 saturated heterocycles. The van der Waals surface area contributed by atoms with Crippen molar-refractivity contribution in [2.45, 2.75) is 37.0 Å². The number of pyridine rings is 1. The van der Waals surface area contributed by atoms with Gasteiger partial charge in [-0.1, -0.05) is 30.9 Å². The summed E-state index contributed by atoms with van der Waals surface area (Å²) in [5, 5.41) is 9.31. The van der Waals surface area contributed by atoms with E-state index in [2.05, 4.69) is 9.71 Å². The maximum absolute atomic E-state index is 12.2. The molecule has 2 rings (SSSR count). The van der Waals surface area contributed by atoms with E-state index in [-0.39, 0.29) is 16.6 Å². The van der Waals surface area contributed by atoms with Crippen LogP contribution in [-0.2, 0) is 14.8 Å². The molecule has 0 aromatic carbocycles. The van der Waals surface area contributed by atoms with Crippen molar-refractivity contribution in [1.82, 2.24) is 9.71 Å². The van der Waals surface area contributed by atoms with Crippen molar-refractivity contribution in [3.63, 3.8) is 0 Å². The van der Waals surface area contributed by atoms with Gasteiger partial charge in [0.2, 0.25) is 10.0 Å². The lowest BCUT2D eigenvalue weighted by Gasteiger charge is -2.33. The molecule has 8 heteroatoms. The van der Waals surface area contributed by atoms with Crippen molar-refractivity contribution in [3.05, 3.63) is 23.5 Å². The molecule has 1 aromatic rings. The van der Waals surface area contributed by atoms with Crippen LogP contribution < -0.4 is 4.72 Å². The van der Waals surface area contributed by atoms with Crippen molar-refractivity contribution in [1.29, 1.82) is 0 Å². The number of aliphatic carboxylic acids is 1. The Balaban J connectivity index is 2.17. The monoisotopic (exact) mass is 332 g/mol. The highest BCUT2D eigenvalue weighted by molar-refractivity contribution is 7.89. The molecular weight excluding hydrogens is 316 g/mol. The lowest BCUT2D eigenvalue weighted by Crippen LogP contribution is -2.44. The highest BCUT2D eigenvalue weighted by Gasteiger charge is 2.40. The van der Waals surface area contributed by atoms with Gasteiger partial charge in [0.15, 0.2) is 0 Å². The third-order valence-electron chi connectivity index (χ3n) is 3.88. The first-order valence-corrected chi connectivity index (χ1v) is 8.57. The lowest BCUT2D eigenvalue weighted by atomic mass is 9.74. The van der Waals surface area contributed by atoms with Gasteiger partial charge < -0.3 is 5.11 Å². The summed E-state index contributed by atoms with van der Waals surface area (Å²) in [5.41, 5.74) is -1.03. The van der Waals surface area contributed by atoms with Crippen LogP contribution in [0.4, 0.5) is 0 Å². The second-order valence-corrected chi connectivity index (χ2v) is 7.36. The molecule has 1 fully saturated rings. The summed E-state index contributed by atoms with van der Waals surface area (Å²) in [4.78, 5) is 15.1. The number of hydrogen-bond acceptors (Lipinski definition) is 4. The van der Waals surface area contributed by atoms with E-state index in [4.69, 9.17) is 11.6 Å². The van der Waals surface area contributed by atoms with Crippen molar-refractivity contribution >= 4 is 27.6 Å². The van der Waals surface area contributed by atoms with E-state index in [0.717, 1.165) is 19.3 Å². The molecule has 0 amide bonds. The van der Waals surface area contributed by atoms with Crippen LogP contribution in [0.5, 0.6) is 0 Å². The number of aromatic nitrogens is 1. The SMILES string of the molecule is O=C(O)C1(CNS(=O)(=O)c2cccnc2Cl)CCCCC1. The Bertz CT molecular complexity index is 627.